The van der Waals surface area contributed by atoms with E-state index in [1.54, 1.807) is 23.1 Å². The SMILES string of the molecule is NC1Cc2nc(C(=O)N3CCN(S(=O)(=O)c4cc5ccc(Cl)cc5s4)CC3)sc2CN1. The van der Waals surface area contributed by atoms with Gasteiger partial charge in [0.25, 0.3) is 15.9 Å². The molecule has 3 N–H and O–H groups in total. The highest BCUT2D eigenvalue weighted by atomic mass is 35.5. The number of hydrogen-bond donors (Lipinski definition) is 2. The fourth-order valence-electron chi connectivity index (χ4n) is 3.78. The first-order valence-corrected chi connectivity index (χ1v) is 13.2. The van der Waals surface area contributed by atoms with Crippen LogP contribution in [0.3, 0.4) is 0 Å². The third-order valence-corrected chi connectivity index (χ3v) is 10.2. The molecule has 5 rings (SSSR count). The molecule has 0 radical (unpaired) electrons. The molecule has 12 heteroatoms. The Labute approximate surface area is 192 Å². The van der Waals surface area contributed by atoms with E-state index in [-0.39, 0.29) is 25.2 Å². The zero-order valence-electron chi connectivity index (χ0n) is 16.4. The number of fused-ring (bicyclic) bond motifs is 2. The Kier molecular flexibility index (Phi) is 5.53. The monoisotopic (exact) mass is 497 g/mol. The van der Waals surface area contributed by atoms with Gasteiger partial charge in [0.15, 0.2) is 5.01 Å². The number of amides is 1. The predicted molar refractivity (Wildman–Crippen MR) is 122 cm³/mol. The zero-order valence-corrected chi connectivity index (χ0v) is 19.6. The molecule has 4 heterocycles. The quantitative estimate of drug-likeness (QED) is 0.573. The minimum atomic E-state index is -3.62. The van der Waals surface area contributed by atoms with E-state index in [9.17, 15) is 13.2 Å². The second-order valence-corrected chi connectivity index (χ2v) is 12.3. The number of nitrogens with zero attached hydrogens (tertiary/aromatic N) is 3. The fourth-order valence-corrected chi connectivity index (χ4v) is 8.04. The molecule has 3 aromatic rings. The number of halogens is 1. The molecule has 2 aliphatic heterocycles. The Morgan fingerprint density at radius 2 is 1.97 bits per heavy atom. The number of nitrogens with two attached hydrogens (primary N) is 1. The Balaban J connectivity index is 1.28. The number of aromatic nitrogens is 1. The van der Waals surface area contributed by atoms with Gasteiger partial charge in [0.2, 0.25) is 0 Å². The summed E-state index contributed by atoms with van der Waals surface area (Å²) in [5, 5.41) is 5.03. The van der Waals surface area contributed by atoms with Gasteiger partial charge >= 0.3 is 0 Å². The molecule has 0 aliphatic carbocycles. The van der Waals surface area contributed by atoms with Gasteiger partial charge in [-0.25, -0.2) is 13.4 Å². The molecule has 164 valence electrons. The summed E-state index contributed by atoms with van der Waals surface area (Å²) in [6.07, 6.45) is 0.460. The summed E-state index contributed by atoms with van der Waals surface area (Å²) in [4.78, 5) is 20.1. The Morgan fingerprint density at radius 1 is 1.19 bits per heavy atom. The second-order valence-electron chi connectivity index (χ2n) is 7.52. The van der Waals surface area contributed by atoms with Crippen LogP contribution in [0.2, 0.25) is 5.02 Å². The van der Waals surface area contributed by atoms with Gasteiger partial charge < -0.3 is 10.6 Å². The van der Waals surface area contributed by atoms with E-state index in [4.69, 9.17) is 17.3 Å². The third-order valence-electron chi connectivity index (χ3n) is 5.48. The van der Waals surface area contributed by atoms with Gasteiger partial charge in [0.1, 0.15) is 4.21 Å². The van der Waals surface area contributed by atoms with Gasteiger partial charge in [-0.05, 0) is 23.6 Å². The van der Waals surface area contributed by atoms with Crippen LogP contribution in [-0.2, 0) is 23.0 Å². The minimum absolute atomic E-state index is 0.142. The molecule has 0 saturated carbocycles. The van der Waals surface area contributed by atoms with Crippen molar-refractivity contribution in [1.82, 2.24) is 19.5 Å². The first-order chi connectivity index (χ1) is 14.8. The summed E-state index contributed by atoms with van der Waals surface area (Å²) in [6, 6.07) is 7.02. The van der Waals surface area contributed by atoms with E-state index in [0.717, 1.165) is 20.7 Å². The highest BCUT2D eigenvalue weighted by Gasteiger charge is 2.33. The largest absolute Gasteiger partial charge is 0.334 e. The molecule has 2 aromatic heterocycles. The maximum atomic E-state index is 13.1. The summed E-state index contributed by atoms with van der Waals surface area (Å²) in [5.41, 5.74) is 6.78. The molecule has 1 aromatic carbocycles. The number of thiazole rings is 1. The number of carbonyl (C=O) groups excluding carboxylic acids is 1. The lowest BCUT2D eigenvalue weighted by atomic mass is 10.2. The van der Waals surface area contributed by atoms with E-state index in [0.29, 0.717) is 40.3 Å². The molecule has 1 saturated heterocycles. The number of thiophene rings is 1. The van der Waals surface area contributed by atoms with Crippen LogP contribution in [0.5, 0.6) is 0 Å². The zero-order chi connectivity index (χ0) is 21.8. The number of carbonyl (C=O) groups is 1. The number of hydrogen-bond acceptors (Lipinski definition) is 8. The van der Waals surface area contributed by atoms with Crippen LogP contribution >= 0.6 is 34.3 Å². The fraction of sp³-hybridized carbons (Fsp3) is 0.368. The molecule has 8 nitrogen and oxygen atoms in total. The first kappa shape index (κ1) is 21.3. The van der Waals surface area contributed by atoms with E-state index in [1.807, 2.05) is 6.07 Å². The van der Waals surface area contributed by atoms with Crippen molar-refractivity contribution in [2.75, 3.05) is 26.2 Å². The smallest absolute Gasteiger partial charge is 0.282 e. The van der Waals surface area contributed by atoms with Crippen LogP contribution in [0.15, 0.2) is 28.5 Å². The van der Waals surface area contributed by atoms with Crippen molar-refractivity contribution in [1.29, 1.82) is 0 Å². The van der Waals surface area contributed by atoms with Crippen LogP contribution in [0.25, 0.3) is 10.1 Å². The molecular formula is C19H20ClN5O3S3. The van der Waals surface area contributed by atoms with Gasteiger partial charge in [-0.1, -0.05) is 17.7 Å². The summed E-state index contributed by atoms with van der Waals surface area (Å²) >= 11 is 8.62. The number of sulfonamides is 1. The van der Waals surface area contributed by atoms with Gasteiger partial charge in [-0.3, -0.25) is 10.1 Å². The molecule has 31 heavy (non-hydrogen) atoms. The molecule has 1 atom stereocenters. The summed E-state index contributed by atoms with van der Waals surface area (Å²) in [6.45, 7) is 1.78. The number of rotatable bonds is 3. The Hall–Kier alpha value is -1.60. The van der Waals surface area contributed by atoms with Gasteiger partial charge in [0, 0.05) is 53.7 Å². The summed E-state index contributed by atoms with van der Waals surface area (Å²) in [7, 11) is -3.62. The molecular weight excluding hydrogens is 478 g/mol. The predicted octanol–water partition coefficient (Wildman–Crippen LogP) is 2.09. The maximum Gasteiger partial charge on any atom is 0.282 e. The average Bonchev–Trinajstić information content (AvgIpc) is 3.37. The lowest BCUT2D eigenvalue weighted by molar-refractivity contribution is 0.0697. The highest BCUT2D eigenvalue weighted by molar-refractivity contribution is 7.91. The van der Waals surface area contributed by atoms with Crippen LogP contribution in [0, 0.1) is 0 Å². The van der Waals surface area contributed by atoms with Crippen molar-refractivity contribution in [2.24, 2.45) is 5.73 Å². The molecule has 1 unspecified atom stereocenters. The van der Waals surface area contributed by atoms with Crippen LogP contribution in [0.4, 0.5) is 0 Å². The number of piperazine rings is 1. The van der Waals surface area contributed by atoms with E-state index >= 15 is 0 Å². The van der Waals surface area contributed by atoms with Crippen LogP contribution in [0.1, 0.15) is 20.4 Å². The van der Waals surface area contributed by atoms with E-state index in [1.165, 1.54) is 27.0 Å². The minimum Gasteiger partial charge on any atom is -0.334 e. The Morgan fingerprint density at radius 3 is 2.74 bits per heavy atom. The molecule has 2 aliphatic rings. The second kappa shape index (κ2) is 8.07. The van der Waals surface area contributed by atoms with Crippen LogP contribution in [-0.4, -0.2) is 60.9 Å². The van der Waals surface area contributed by atoms with Gasteiger partial charge in [0.05, 0.1) is 11.9 Å². The number of nitrogens with one attached hydrogen (secondary N) is 1. The molecule has 1 fully saturated rings. The lowest BCUT2D eigenvalue weighted by Gasteiger charge is -2.33. The van der Waals surface area contributed by atoms with E-state index < -0.39 is 10.0 Å². The topological polar surface area (TPSA) is 109 Å². The van der Waals surface area contributed by atoms with Gasteiger partial charge in [-0.2, -0.15) is 4.31 Å². The average molecular weight is 498 g/mol. The van der Waals surface area contributed by atoms with Gasteiger partial charge in [-0.15, -0.1) is 22.7 Å². The molecule has 0 spiro atoms. The molecule has 0 bridgehead atoms. The maximum absolute atomic E-state index is 13.1. The highest BCUT2D eigenvalue weighted by Crippen LogP contribution is 2.33. The van der Waals surface area contributed by atoms with Crippen molar-refractivity contribution in [3.8, 4) is 0 Å². The first-order valence-electron chi connectivity index (χ1n) is 9.77. The normalized spacial score (nSPS) is 20.2. The molecule has 1 amide bonds. The van der Waals surface area contributed by atoms with Crippen molar-refractivity contribution in [3.05, 3.63) is 44.9 Å². The van der Waals surface area contributed by atoms with Crippen LogP contribution < -0.4 is 11.1 Å². The van der Waals surface area contributed by atoms with Crippen molar-refractivity contribution >= 4 is 60.3 Å². The van der Waals surface area contributed by atoms with Crippen molar-refractivity contribution < 1.29 is 13.2 Å². The van der Waals surface area contributed by atoms with Crippen molar-refractivity contribution in [3.63, 3.8) is 0 Å². The Bertz CT molecular complexity index is 1260. The lowest BCUT2D eigenvalue weighted by Crippen LogP contribution is -2.50. The van der Waals surface area contributed by atoms with E-state index in [2.05, 4.69) is 10.3 Å². The third kappa shape index (κ3) is 3.99. The number of benzene rings is 1. The summed E-state index contributed by atoms with van der Waals surface area (Å²) in [5.74, 6) is -0.151. The summed E-state index contributed by atoms with van der Waals surface area (Å²) < 4.78 is 28.8. The standard InChI is InChI=1S/C19H20ClN5O3S3/c20-12-2-1-11-7-17(29-14(11)8-12)31(27,28)25-5-3-24(4-6-25)19(26)18-23-13-9-16(21)22-10-15(13)30-18/h1-2,7-8,16,22H,3-6,9-10,21H2. The van der Waals surface area contributed by atoms with Crippen molar-refractivity contribution in [2.45, 2.75) is 23.3 Å².